The van der Waals surface area contributed by atoms with Gasteiger partial charge in [0.05, 0.1) is 17.9 Å². The number of urea groups is 1. The van der Waals surface area contributed by atoms with Crippen molar-refractivity contribution in [1.82, 2.24) is 24.9 Å². The third-order valence-corrected chi connectivity index (χ3v) is 9.29. The number of aromatic nitrogens is 4. The molecule has 0 radical (unpaired) electrons. The predicted octanol–water partition coefficient (Wildman–Crippen LogP) is 4.41. The van der Waals surface area contributed by atoms with Crippen molar-refractivity contribution in [3.8, 4) is 0 Å². The minimum absolute atomic E-state index is 0.0283. The summed E-state index contributed by atoms with van der Waals surface area (Å²) in [6.45, 7) is 7.52. The molecule has 16 heteroatoms. The maximum Gasteiger partial charge on any atom is 0.325 e. The molecule has 0 aliphatic carbocycles. The second kappa shape index (κ2) is 13.7. The number of hydrogen-bond acceptors (Lipinski definition) is 10. The summed E-state index contributed by atoms with van der Waals surface area (Å²) in [5, 5.41) is 12.3. The molecule has 0 saturated carbocycles. The largest absolute Gasteiger partial charge is 0.468 e. The molecule has 0 spiro atoms. The SMILES string of the molecule is CNC(=O)N(C)c1nnc(C(C)(C)C)s1.COC(=O)CSc1cc(N=c2sc(=O)n3n2CCCC3)c(F)cc1Cl. The molecule has 1 N–H and O–H groups in total. The fourth-order valence-electron chi connectivity index (χ4n) is 3.34. The van der Waals surface area contributed by atoms with E-state index in [2.05, 4.69) is 46.0 Å². The zero-order chi connectivity index (χ0) is 29.6. The monoisotopic (exact) mass is 631 g/mol. The molecular weight excluding hydrogens is 601 g/mol. The van der Waals surface area contributed by atoms with Gasteiger partial charge in [0.2, 0.25) is 9.93 Å². The topological polar surface area (TPSA) is 124 Å². The van der Waals surface area contributed by atoms with Gasteiger partial charge in [0.15, 0.2) is 0 Å². The van der Waals surface area contributed by atoms with Gasteiger partial charge < -0.3 is 10.1 Å². The molecule has 1 aliphatic heterocycles. The van der Waals surface area contributed by atoms with Crippen LogP contribution in [0.1, 0.15) is 38.6 Å². The van der Waals surface area contributed by atoms with Crippen molar-refractivity contribution in [3.63, 3.8) is 0 Å². The van der Waals surface area contributed by atoms with Crippen LogP contribution in [0.4, 0.5) is 20.0 Å². The first-order valence-electron chi connectivity index (χ1n) is 12.2. The van der Waals surface area contributed by atoms with E-state index in [4.69, 9.17) is 11.6 Å². The number of methoxy groups -OCH3 is 1. The summed E-state index contributed by atoms with van der Waals surface area (Å²) in [4.78, 5) is 41.3. The fraction of sp³-hybridized carbons (Fsp3) is 0.500. The van der Waals surface area contributed by atoms with Gasteiger partial charge in [-0.05, 0) is 36.3 Å². The van der Waals surface area contributed by atoms with Gasteiger partial charge in [-0.3, -0.25) is 19.2 Å². The van der Waals surface area contributed by atoms with Crippen LogP contribution in [0.2, 0.25) is 5.02 Å². The van der Waals surface area contributed by atoms with E-state index in [1.807, 2.05) is 0 Å². The number of carbonyl (C=O) groups excluding carboxylic acids is 2. The first-order chi connectivity index (χ1) is 18.8. The van der Waals surface area contributed by atoms with Crippen LogP contribution in [-0.4, -0.2) is 58.5 Å². The van der Waals surface area contributed by atoms with E-state index < -0.39 is 11.8 Å². The lowest BCUT2D eigenvalue weighted by atomic mass is 9.98. The molecule has 1 aliphatic rings. The lowest BCUT2D eigenvalue weighted by molar-refractivity contribution is -0.137. The number of carbonyl (C=O) groups is 2. The van der Waals surface area contributed by atoms with E-state index >= 15 is 0 Å². The number of nitrogens with one attached hydrogen (secondary N) is 1. The number of amides is 2. The second-order valence-corrected chi connectivity index (χ2v) is 12.9. The standard InChI is InChI=1S/C15H15ClFN3O3S2.C9H16N4OS/c1-23-13(21)8-24-12-7-11(10(17)6-9(12)16)18-14-19-4-2-3-5-20(19)15(22)25-14;1-9(2,3)6-11-12-8(15-6)13(5)7(14)10-4/h6-7H,2-5,8H2,1H3;1-5H3,(H,10,14). The summed E-state index contributed by atoms with van der Waals surface area (Å²) in [7, 11) is 4.56. The lowest BCUT2D eigenvalue weighted by Gasteiger charge is -2.15. The minimum atomic E-state index is -0.580. The molecule has 218 valence electrons. The average Bonchev–Trinajstić information content (AvgIpc) is 3.54. The normalized spacial score (nSPS) is 13.2. The highest BCUT2D eigenvalue weighted by Gasteiger charge is 2.22. The van der Waals surface area contributed by atoms with Gasteiger partial charge in [-0.25, -0.2) is 18.9 Å². The summed E-state index contributed by atoms with van der Waals surface area (Å²) in [5.74, 6) is -0.923. The van der Waals surface area contributed by atoms with Crippen LogP contribution in [-0.2, 0) is 28.0 Å². The van der Waals surface area contributed by atoms with E-state index in [-0.39, 0.29) is 32.8 Å². The number of anilines is 1. The Morgan fingerprint density at radius 1 is 1.23 bits per heavy atom. The van der Waals surface area contributed by atoms with E-state index in [0.717, 1.165) is 47.0 Å². The van der Waals surface area contributed by atoms with Crippen LogP contribution in [0, 0.1) is 5.82 Å². The molecule has 0 fully saturated rings. The van der Waals surface area contributed by atoms with Crippen molar-refractivity contribution >= 4 is 68.9 Å². The zero-order valence-electron chi connectivity index (χ0n) is 23.0. The molecule has 0 bridgehead atoms. The van der Waals surface area contributed by atoms with Crippen molar-refractivity contribution in [2.24, 2.45) is 4.99 Å². The maximum atomic E-state index is 14.3. The Bertz CT molecular complexity index is 1490. The number of thioether (sulfide) groups is 1. The molecule has 2 amide bonds. The van der Waals surface area contributed by atoms with E-state index in [9.17, 15) is 18.8 Å². The molecule has 3 aromatic rings. The molecule has 0 saturated heterocycles. The van der Waals surface area contributed by atoms with Crippen molar-refractivity contribution in [2.75, 3.05) is 31.9 Å². The first kappa shape index (κ1) is 31.8. The summed E-state index contributed by atoms with van der Waals surface area (Å²) < 4.78 is 22.3. The van der Waals surface area contributed by atoms with Crippen LogP contribution in [0.15, 0.2) is 26.8 Å². The predicted molar refractivity (Wildman–Crippen MR) is 157 cm³/mol. The van der Waals surface area contributed by atoms with Crippen LogP contribution < -0.4 is 19.9 Å². The Kier molecular flexibility index (Phi) is 10.9. The quantitative estimate of drug-likeness (QED) is 0.327. The van der Waals surface area contributed by atoms with Gasteiger partial charge in [0.1, 0.15) is 16.5 Å². The smallest absolute Gasteiger partial charge is 0.325 e. The molecule has 1 aromatic carbocycles. The highest BCUT2D eigenvalue weighted by atomic mass is 35.5. The number of esters is 1. The lowest BCUT2D eigenvalue weighted by Crippen LogP contribution is -2.34. The number of benzene rings is 1. The van der Waals surface area contributed by atoms with Crippen molar-refractivity contribution < 1.29 is 18.7 Å². The highest BCUT2D eigenvalue weighted by Crippen LogP contribution is 2.33. The molecule has 11 nitrogen and oxygen atoms in total. The van der Waals surface area contributed by atoms with Gasteiger partial charge in [0, 0.05) is 37.5 Å². The molecule has 3 heterocycles. The van der Waals surface area contributed by atoms with Crippen molar-refractivity contribution in [2.45, 2.75) is 57.0 Å². The number of rotatable bonds is 5. The summed E-state index contributed by atoms with van der Waals surface area (Å²) in [6, 6.07) is 2.46. The second-order valence-electron chi connectivity index (χ2n) is 9.57. The number of hydrogen-bond donors (Lipinski definition) is 1. The number of nitrogens with zero attached hydrogens (tertiary/aromatic N) is 6. The minimum Gasteiger partial charge on any atom is -0.468 e. The Morgan fingerprint density at radius 2 is 1.90 bits per heavy atom. The molecule has 4 rings (SSSR count). The summed E-state index contributed by atoms with van der Waals surface area (Å²) in [5.41, 5.74) is 0.0545. The number of fused-ring (bicyclic) bond motifs is 1. The summed E-state index contributed by atoms with van der Waals surface area (Å²) in [6.07, 6.45) is 1.90. The van der Waals surface area contributed by atoms with Gasteiger partial charge >= 0.3 is 16.9 Å². The maximum absolute atomic E-state index is 14.3. The van der Waals surface area contributed by atoms with Crippen LogP contribution in [0.25, 0.3) is 0 Å². The summed E-state index contributed by atoms with van der Waals surface area (Å²) >= 11 is 9.61. The number of halogens is 2. The third-order valence-electron chi connectivity index (χ3n) is 5.54. The van der Waals surface area contributed by atoms with Crippen LogP contribution >= 0.6 is 46.0 Å². The van der Waals surface area contributed by atoms with Crippen molar-refractivity contribution in [3.05, 3.63) is 42.4 Å². The molecular formula is C24H31ClFN7O4S3. The van der Waals surface area contributed by atoms with Crippen LogP contribution in [0.5, 0.6) is 0 Å². The third kappa shape index (κ3) is 7.92. The Balaban J connectivity index is 0.000000252. The Morgan fingerprint density at radius 3 is 2.50 bits per heavy atom. The Labute approximate surface area is 248 Å². The fourth-order valence-corrected chi connectivity index (χ4v) is 6.19. The van der Waals surface area contributed by atoms with Gasteiger partial charge in [-0.2, -0.15) is 0 Å². The highest BCUT2D eigenvalue weighted by molar-refractivity contribution is 8.00. The van der Waals surface area contributed by atoms with Crippen LogP contribution in [0.3, 0.4) is 0 Å². The molecule has 0 unspecified atom stereocenters. The molecule has 0 atom stereocenters. The van der Waals surface area contributed by atoms with E-state index in [0.29, 0.717) is 27.9 Å². The number of ether oxygens (including phenoxy) is 1. The molecule has 2 aromatic heterocycles. The van der Waals surface area contributed by atoms with E-state index in [1.54, 1.807) is 23.5 Å². The average molecular weight is 632 g/mol. The zero-order valence-corrected chi connectivity index (χ0v) is 26.2. The van der Waals surface area contributed by atoms with Crippen molar-refractivity contribution in [1.29, 1.82) is 0 Å². The van der Waals surface area contributed by atoms with Gasteiger partial charge in [0.25, 0.3) is 0 Å². The van der Waals surface area contributed by atoms with Gasteiger partial charge in [-0.1, -0.05) is 43.7 Å². The first-order valence-corrected chi connectivity index (χ1v) is 15.2. The van der Waals surface area contributed by atoms with Gasteiger partial charge in [-0.15, -0.1) is 22.0 Å². The van der Waals surface area contributed by atoms with E-state index in [1.165, 1.54) is 29.4 Å². The molecule has 40 heavy (non-hydrogen) atoms. The Hall–Kier alpha value is -2.75.